The first kappa shape index (κ1) is 25.1. The summed E-state index contributed by atoms with van der Waals surface area (Å²) < 4.78 is 4.80. The molecule has 36 heavy (non-hydrogen) atoms. The number of fused-ring (bicyclic) bond motifs is 1. The maximum absolute atomic E-state index is 13.7. The van der Waals surface area contributed by atoms with E-state index < -0.39 is 17.1 Å². The van der Waals surface area contributed by atoms with Gasteiger partial charge in [0, 0.05) is 17.5 Å². The van der Waals surface area contributed by atoms with E-state index in [2.05, 4.69) is 37.8 Å². The topological polar surface area (TPSA) is 92.4 Å². The summed E-state index contributed by atoms with van der Waals surface area (Å²) >= 11 is 0. The number of hydrogen-bond acceptors (Lipinski definition) is 5. The van der Waals surface area contributed by atoms with Crippen LogP contribution in [0.25, 0.3) is 16.8 Å². The molecule has 4 aromatic rings. The van der Waals surface area contributed by atoms with Gasteiger partial charge < -0.3 is 14.9 Å². The fraction of sp³-hybridized carbons (Fsp3) is 0.233. The van der Waals surface area contributed by atoms with E-state index in [9.17, 15) is 14.7 Å². The van der Waals surface area contributed by atoms with Crippen LogP contribution in [0.3, 0.4) is 0 Å². The number of amides is 1. The van der Waals surface area contributed by atoms with Crippen LogP contribution in [0.1, 0.15) is 48.7 Å². The van der Waals surface area contributed by atoms with Gasteiger partial charge in [0.05, 0.1) is 5.39 Å². The summed E-state index contributed by atoms with van der Waals surface area (Å²) in [6, 6.07) is 20.0. The van der Waals surface area contributed by atoms with Crippen molar-refractivity contribution >= 4 is 28.4 Å². The van der Waals surface area contributed by atoms with E-state index in [4.69, 9.17) is 4.52 Å². The Bertz CT molecular complexity index is 1500. The number of nitrogens with zero attached hydrogens (tertiary/aromatic N) is 1. The van der Waals surface area contributed by atoms with Gasteiger partial charge in [-0.2, -0.15) is 0 Å². The predicted octanol–water partition coefficient (Wildman–Crippen LogP) is 5.51. The normalized spacial score (nSPS) is 13.2. The number of rotatable bonds is 6. The molecule has 0 bridgehead atoms. The summed E-state index contributed by atoms with van der Waals surface area (Å²) in [5, 5.41) is 19.3. The molecule has 184 valence electrons. The molecule has 4 rings (SSSR count). The number of carbonyl (C=O) groups is 1. The van der Waals surface area contributed by atoms with Gasteiger partial charge >= 0.3 is 5.63 Å². The molecule has 0 aliphatic carbocycles. The highest BCUT2D eigenvalue weighted by Gasteiger charge is 2.38. The van der Waals surface area contributed by atoms with Crippen LogP contribution in [-0.2, 0) is 22.2 Å². The first-order chi connectivity index (χ1) is 17.0. The zero-order valence-electron chi connectivity index (χ0n) is 21.0. The van der Waals surface area contributed by atoms with Crippen LogP contribution in [-0.4, -0.2) is 16.2 Å². The van der Waals surface area contributed by atoms with Crippen molar-refractivity contribution in [2.45, 2.75) is 45.1 Å². The van der Waals surface area contributed by atoms with Gasteiger partial charge in [0.1, 0.15) is 5.69 Å². The minimum absolute atomic E-state index is 0.0653. The van der Waals surface area contributed by atoms with Crippen molar-refractivity contribution in [3.05, 3.63) is 112 Å². The van der Waals surface area contributed by atoms with Crippen molar-refractivity contribution in [1.29, 1.82) is 0 Å². The number of anilines is 1. The van der Waals surface area contributed by atoms with Gasteiger partial charge in [0.15, 0.2) is 5.60 Å². The average Bonchev–Trinajstić information content (AvgIpc) is 2.84. The van der Waals surface area contributed by atoms with Gasteiger partial charge in [-0.1, -0.05) is 86.6 Å². The number of nitrogens with one attached hydrogen (secondary N) is 1. The van der Waals surface area contributed by atoms with Gasteiger partial charge in [-0.05, 0) is 53.3 Å². The Morgan fingerprint density at radius 3 is 2.36 bits per heavy atom. The Labute approximate surface area is 210 Å². The van der Waals surface area contributed by atoms with Gasteiger partial charge in [-0.15, -0.1) is 0 Å². The van der Waals surface area contributed by atoms with Crippen molar-refractivity contribution < 1.29 is 14.4 Å². The minimum Gasteiger partial charge on any atom is -0.375 e. The molecule has 1 amide bonds. The Morgan fingerprint density at radius 1 is 1.03 bits per heavy atom. The molecular formula is C30H30N2O4. The fourth-order valence-corrected chi connectivity index (χ4v) is 4.26. The largest absolute Gasteiger partial charge is 0.375 e. The highest BCUT2D eigenvalue weighted by molar-refractivity contribution is 6.00. The highest BCUT2D eigenvalue weighted by Crippen LogP contribution is 2.31. The van der Waals surface area contributed by atoms with E-state index in [0.29, 0.717) is 27.7 Å². The van der Waals surface area contributed by atoms with Gasteiger partial charge in [0.2, 0.25) is 0 Å². The molecular weight excluding hydrogens is 452 g/mol. The van der Waals surface area contributed by atoms with Crippen molar-refractivity contribution in [3.8, 4) is 0 Å². The minimum atomic E-state index is -1.84. The first-order valence-electron chi connectivity index (χ1n) is 11.8. The third-order valence-corrected chi connectivity index (χ3v) is 6.34. The van der Waals surface area contributed by atoms with E-state index in [-0.39, 0.29) is 11.8 Å². The van der Waals surface area contributed by atoms with E-state index in [0.717, 1.165) is 16.7 Å². The Kier molecular flexibility index (Phi) is 6.65. The quantitative estimate of drug-likeness (QED) is 0.378. The van der Waals surface area contributed by atoms with Crippen molar-refractivity contribution in [2.75, 3.05) is 5.32 Å². The Balaban J connectivity index is 1.75. The summed E-state index contributed by atoms with van der Waals surface area (Å²) in [7, 11) is 0. The number of aryl methyl sites for hydroxylation is 1. The summed E-state index contributed by atoms with van der Waals surface area (Å²) in [5.74, 6) is -0.581. The van der Waals surface area contributed by atoms with Gasteiger partial charge in [-0.3, -0.25) is 4.79 Å². The van der Waals surface area contributed by atoms with Crippen LogP contribution >= 0.6 is 0 Å². The molecule has 0 aliphatic rings. The molecule has 1 aromatic heterocycles. The lowest BCUT2D eigenvalue weighted by atomic mass is 9.82. The zero-order valence-corrected chi connectivity index (χ0v) is 21.0. The molecule has 1 atom stereocenters. The summed E-state index contributed by atoms with van der Waals surface area (Å²) in [6.07, 6.45) is 1.56. The standard InChI is InChI=1S/C30H30N2O4/c1-6-26-25-17-23(14-15-24(25)27(33)36-32-26)31-28(34)30(35,18-20-9-7-8-19(2)16-20)22-12-10-21(11-13-22)29(3,4)5/h6-17,35H,1,18H2,2-5H3,(H,31,34). The number of carbonyl (C=O) groups excluding carboxylic acids is 1. The zero-order chi connectivity index (χ0) is 26.1. The monoisotopic (exact) mass is 482 g/mol. The number of aromatic nitrogens is 1. The smallest absolute Gasteiger partial charge is 0.366 e. The molecule has 0 spiro atoms. The second kappa shape index (κ2) is 9.55. The lowest BCUT2D eigenvalue weighted by Crippen LogP contribution is -2.42. The van der Waals surface area contributed by atoms with Crippen molar-refractivity contribution in [2.24, 2.45) is 0 Å². The number of hydrogen-bond donors (Lipinski definition) is 2. The fourth-order valence-electron chi connectivity index (χ4n) is 4.26. The molecule has 2 N–H and O–H groups in total. The van der Waals surface area contributed by atoms with Crippen LogP contribution in [0.2, 0.25) is 0 Å². The Hall–Kier alpha value is -4.03. The van der Waals surface area contributed by atoms with Crippen molar-refractivity contribution in [3.63, 3.8) is 0 Å². The summed E-state index contributed by atoms with van der Waals surface area (Å²) in [4.78, 5) is 25.7. The molecule has 1 heterocycles. The maximum atomic E-state index is 13.7. The second-order valence-electron chi connectivity index (χ2n) is 10.1. The Morgan fingerprint density at radius 2 is 1.72 bits per heavy atom. The van der Waals surface area contributed by atoms with Gasteiger partial charge in [0.25, 0.3) is 5.91 Å². The molecule has 6 nitrogen and oxygen atoms in total. The second-order valence-corrected chi connectivity index (χ2v) is 10.1. The summed E-state index contributed by atoms with van der Waals surface area (Å²) in [6.45, 7) is 12.0. The third-order valence-electron chi connectivity index (χ3n) is 6.34. The molecule has 0 aliphatic heterocycles. The predicted molar refractivity (Wildman–Crippen MR) is 143 cm³/mol. The lowest BCUT2D eigenvalue weighted by molar-refractivity contribution is -0.135. The highest BCUT2D eigenvalue weighted by atomic mass is 16.5. The van der Waals surface area contributed by atoms with Crippen LogP contribution in [0.15, 0.2) is 82.6 Å². The van der Waals surface area contributed by atoms with Crippen molar-refractivity contribution in [1.82, 2.24) is 5.16 Å². The van der Waals surface area contributed by atoms with E-state index in [1.807, 2.05) is 43.3 Å². The van der Waals surface area contributed by atoms with E-state index >= 15 is 0 Å². The molecule has 3 aromatic carbocycles. The number of benzene rings is 3. The van der Waals surface area contributed by atoms with Crippen LogP contribution in [0.4, 0.5) is 5.69 Å². The van der Waals surface area contributed by atoms with E-state index in [1.165, 1.54) is 6.08 Å². The molecule has 0 saturated carbocycles. The van der Waals surface area contributed by atoms with Crippen LogP contribution in [0.5, 0.6) is 0 Å². The third kappa shape index (κ3) is 4.99. The van der Waals surface area contributed by atoms with Gasteiger partial charge in [-0.25, -0.2) is 4.79 Å². The molecule has 0 radical (unpaired) electrons. The van der Waals surface area contributed by atoms with E-state index in [1.54, 1.807) is 30.3 Å². The number of aliphatic hydroxyl groups is 1. The molecule has 1 unspecified atom stereocenters. The summed E-state index contributed by atoms with van der Waals surface area (Å²) in [5.41, 5.74) is 1.77. The first-order valence-corrected chi connectivity index (χ1v) is 11.8. The SMILES string of the molecule is C=Cc1noc(=O)c2ccc(NC(=O)C(O)(Cc3cccc(C)c3)c3ccc(C(C)(C)C)cc3)cc12. The van der Waals surface area contributed by atoms with Crippen LogP contribution in [0, 0.1) is 6.92 Å². The molecule has 0 fully saturated rings. The molecule has 0 saturated heterocycles. The maximum Gasteiger partial charge on any atom is 0.366 e. The molecule has 6 heteroatoms. The average molecular weight is 483 g/mol. The lowest BCUT2D eigenvalue weighted by Gasteiger charge is -2.29. The van der Waals surface area contributed by atoms with Crippen LogP contribution < -0.4 is 10.9 Å².